The van der Waals surface area contributed by atoms with E-state index in [1.54, 1.807) is 36.4 Å². The first-order valence-electron chi connectivity index (χ1n) is 9.93. The summed E-state index contributed by atoms with van der Waals surface area (Å²) in [6.45, 7) is 0.481. The zero-order chi connectivity index (χ0) is 20.9. The fourth-order valence-corrected chi connectivity index (χ4v) is 7.96. The Bertz CT molecular complexity index is 1230. The summed E-state index contributed by atoms with van der Waals surface area (Å²) < 4.78 is 40.0. The van der Waals surface area contributed by atoms with Crippen LogP contribution >= 0.6 is 11.8 Å². The maximum atomic E-state index is 13.8. The third-order valence-corrected chi connectivity index (χ3v) is 9.28. The summed E-state index contributed by atoms with van der Waals surface area (Å²) in [6, 6.07) is 15.4. The van der Waals surface area contributed by atoms with E-state index in [0.717, 1.165) is 34.9 Å². The van der Waals surface area contributed by atoms with Crippen molar-refractivity contribution >= 4 is 32.6 Å². The summed E-state index contributed by atoms with van der Waals surface area (Å²) in [4.78, 5) is 0.401. The highest BCUT2D eigenvalue weighted by Crippen LogP contribution is 2.45. The van der Waals surface area contributed by atoms with Crippen LogP contribution in [0.15, 0.2) is 53.4 Å². The number of benzene rings is 3. The van der Waals surface area contributed by atoms with Crippen molar-refractivity contribution in [2.24, 2.45) is 0 Å². The molecular weight excluding hydrogens is 418 g/mol. The number of aryl methyl sites for hydroxylation is 2. The minimum atomic E-state index is -3.66. The summed E-state index contributed by atoms with van der Waals surface area (Å²) in [5.41, 5.74) is 3.38. The van der Waals surface area contributed by atoms with E-state index >= 15 is 0 Å². The molecule has 1 saturated heterocycles. The molecule has 0 bridgehead atoms. The van der Waals surface area contributed by atoms with Gasteiger partial charge >= 0.3 is 0 Å². The molecule has 1 unspecified atom stereocenters. The van der Waals surface area contributed by atoms with Crippen LogP contribution in [-0.2, 0) is 22.9 Å². The van der Waals surface area contributed by atoms with Crippen molar-refractivity contribution in [2.75, 3.05) is 26.5 Å². The summed E-state index contributed by atoms with van der Waals surface area (Å²) in [7, 11) is -0.484. The first kappa shape index (κ1) is 19.7. The Morgan fingerprint density at radius 2 is 1.73 bits per heavy atom. The van der Waals surface area contributed by atoms with Crippen LogP contribution in [0.3, 0.4) is 0 Å². The van der Waals surface area contributed by atoms with E-state index in [9.17, 15) is 8.42 Å². The summed E-state index contributed by atoms with van der Waals surface area (Å²) in [6.07, 6.45) is 1.95. The number of hydrogen-bond acceptors (Lipinski definition) is 5. The molecule has 5 rings (SSSR count). The second-order valence-corrected chi connectivity index (χ2v) is 10.6. The lowest BCUT2D eigenvalue weighted by molar-refractivity contribution is 0.353. The summed E-state index contributed by atoms with van der Waals surface area (Å²) >= 11 is 1.63. The number of thioether (sulfide) groups is 1. The van der Waals surface area contributed by atoms with Crippen molar-refractivity contribution < 1.29 is 17.9 Å². The minimum Gasteiger partial charge on any atom is -0.493 e. The van der Waals surface area contributed by atoms with Gasteiger partial charge in [-0.3, -0.25) is 0 Å². The van der Waals surface area contributed by atoms with Crippen molar-refractivity contribution in [3.8, 4) is 11.5 Å². The number of rotatable bonds is 5. The lowest BCUT2D eigenvalue weighted by Gasteiger charge is -2.25. The van der Waals surface area contributed by atoms with Crippen LogP contribution in [0, 0.1) is 0 Å². The molecule has 1 aliphatic heterocycles. The van der Waals surface area contributed by atoms with Gasteiger partial charge in [0.1, 0.15) is 0 Å². The van der Waals surface area contributed by atoms with Crippen LogP contribution < -0.4 is 9.47 Å². The van der Waals surface area contributed by atoms with Crippen LogP contribution in [0.5, 0.6) is 11.5 Å². The quantitative estimate of drug-likeness (QED) is 0.588. The average molecular weight is 442 g/mol. The van der Waals surface area contributed by atoms with E-state index in [1.165, 1.54) is 11.1 Å². The zero-order valence-corrected chi connectivity index (χ0v) is 18.6. The molecule has 0 saturated carbocycles. The third-order valence-electron chi connectivity index (χ3n) is 5.97. The second-order valence-electron chi connectivity index (χ2n) is 7.52. The Morgan fingerprint density at radius 3 is 2.50 bits per heavy atom. The van der Waals surface area contributed by atoms with Gasteiger partial charge < -0.3 is 9.47 Å². The van der Waals surface area contributed by atoms with E-state index in [-0.39, 0.29) is 5.37 Å². The highest BCUT2D eigenvalue weighted by molar-refractivity contribution is 8.01. The largest absolute Gasteiger partial charge is 0.493 e. The van der Waals surface area contributed by atoms with Gasteiger partial charge in [-0.25, -0.2) is 8.42 Å². The predicted octanol–water partition coefficient (Wildman–Crippen LogP) is 4.39. The minimum absolute atomic E-state index is 0.294. The SMILES string of the molecule is COc1ccc(C2SCCN2S(=O)(=O)c2ccc3c4c(cccc24)CC3)cc1OC. The number of hydrogen-bond donors (Lipinski definition) is 0. The second kappa shape index (κ2) is 7.48. The van der Waals surface area contributed by atoms with Crippen LogP contribution in [0.1, 0.15) is 22.1 Å². The Balaban J connectivity index is 1.59. The Hall–Kier alpha value is -2.22. The van der Waals surface area contributed by atoms with Gasteiger partial charge in [0.05, 0.1) is 24.5 Å². The fraction of sp³-hybridized carbons (Fsp3) is 0.304. The van der Waals surface area contributed by atoms with Gasteiger partial charge in [0.25, 0.3) is 0 Å². The third kappa shape index (κ3) is 2.99. The molecule has 0 radical (unpaired) electrons. The van der Waals surface area contributed by atoms with Crippen LogP contribution in [0.4, 0.5) is 0 Å². The smallest absolute Gasteiger partial charge is 0.245 e. The molecule has 1 atom stereocenters. The van der Waals surface area contributed by atoms with E-state index in [4.69, 9.17) is 9.47 Å². The highest BCUT2D eigenvalue weighted by Gasteiger charge is 2.38. The van der Waals surface area contributed by atoms with Gasteiger partial charge in [-0.05, 0) is 53.1 Å². The standard InChI is InChI=1S/C23H23NO4S2/c1-27-19-10-8-17(14-20(19)28-2)23-24(12-13-29-23)30(25,26)21-11-9-16-7-6-15-4-3-5-18(21)22(15)16/h3-5,8-11,14,23H,6-7,12-13H2,1-2H3. The van der Waals surface area contributed by atoms with E-state index in [1.807, 2.05) is 36.4 Å². The normalized spacial score (nSPS) is 18.8. The first-order chi connectivity index (χ1) is 14.5. The van der Waals surface area contributed by atoms with Crippen molar-refractivity contribution in [1.82, 2.24) is 4.31 Å². The zero-order valence-electron chi connectivity index (χ0n) is 16.9. The molecule has 0 spiro atoms. The molecule has 1 fully saturated rings. The van der Waals surface area contributed by atoms with Gasteiger partial charge in [-0.2, -0.15) is 4.31 Å². The summed E-state index contributed by atoms with van der Waals surface area (Å²) in [5, 5.41) is 1.66. The summed E-state index contributed by atoms with van der Waals surface area (Å²) in [5.74, 6) is 1.98. The number of methoxy groups -OCH3 is 2. The fourth-order valence-electron chi connectivity index (χ4n) is 4.54. The maximum absolute atomic E-state index is 13.8. The van der Waals surface area contributed by atoms with Gasteiger partial charge in [0.2, 0.25) is 10.0 Å². The molecule has 0 N–H and O–H groups in total. The molecule has 3 aromatic carbocycles. The molecule has 7 heteroatoms. The molecule has 5 nitrogen and oxygen atoms in total. The van der Waals surface area contributed by atoms with Crippen molar-refractivity contribution in [3.05, 3.63) is 65.2 Å². The molecule has 156 valence electrons. The lowest BCUT2D eigenvalue weighted by atomic mass is 10.1. The van der Waals surface area contributed by atoms with E-state index < -0.39 is 10.0 Å². The monoisotopic (exact) mass is 441 g/mol. The van der Waals surface area contributed by atoms with Crippen molar-refractivity contribution in [1.29, 1.82) is 0 Å². The van der Waals surface area contributed by atoms with E-state index in [2.05, 4.69) is 6.07 Å². The van der Waals surface area contributed by atoms with Crippen LogP contribution in [0.2, 0.25) is 0 Å². The van der Waals surface area contributed by atoms with E-state index in [0.29, 0.717) is 22.9 Å². The Labute approximate surface area is 181 Å². The lowest BCUT2D eigenvalue weighted by Crippen LogP contribution is -2.30. The Morgan fingerprint density at radius 1 is 0.967 bits per heavy atom. The first-order valence-corrected chi connectivity index (χ1v) is 12.4. The number of ether oxygens (including phenoxy) is 2. The molecule has 1 heterocycles. The molecule has 30 heavy (non-hydrogen) atoms. The maximum Gasteiger partial charge on any atom is 0.245 e. The molecule has 1 aliphatic carbocycles. The number of nitrogens with zero attached hydrogens (tertiary/aromatic N) is 1. The van der Waals surface area contributed by atoms with Crippen molar-refractivity contribution in [3.63, 3.8) is 0 Å². The molecule has 0 aromatic heterocycles. The average Bonchev–Trinajstić information content (AvgIpc) is 3.42. The van der Waals surface area contributed by atoms with Crippen LogP contribution in [-0.4, -0.2) is 39.2 Å². The highest BCUT2D eigenvalue weighted by atomic mass is 32.2. The van der Waals surface area contributed by atoms with Gasteiger partial charge in [0.15, 0.2) is 11.5 Å². The molecule has 2 aliphatic rings. The van der Waals surface area contributed by atoms with Gasteiger partial charge in [0, 0.05) is 17.7 Å². The van der Waals surface area contributed by atoms with Crippen molar-refractivity contribution in [2.45, 2.75) is 23.1 Å². The number of sulfonamides is 1. The van der Waals surface area contributed by atoms with Crippen LogP contribution in [0.25, 0.3) is 10.8 Å². The molecule has 3 aromatic rings. The topological polar surface area (TPSA) is 55.8 Å². The van der Waals surface area contributed by atoms with Gasteiger partial charge in [-0.15, -0.1) is 11.8 Å². The van der Waals surface area contributed by atoms with Gasteiger partial charge in [-0.1, -0.05) is 30.3 Å². The predicted molar refractivity (Wildman–Crippen MR) is 120 cm³/mol. The molecular formula is C23H23NO4S2. The Kier molecular flexibility index (Phi) is 4.92. The molecule has 0 amide bonds.